The van der Waals surface area contributed by atoms with Crippen molar-refractivity contribution in [3.63, 3.8) is 0 Å². The minimum atomic E-state index is -0.188. The third-order valence-corrected chi connectivity index (χ3v) is 5.50. The Morgan fingerprint density at radius 1 is 1.20 bits per heavy atom. The number of methoxy groups -OCH3 is 1. The third kappa shape index (κ3) is 5.87. The Labute approximate surface area is 181 Å². The highest BCUT2D eigenvalue weighted by Crippen LogP contribution is 2.39. The van der Waals surface area contributed by atoms with Gasteiger partial charge in [-0.2, -0.15) is 0 Å². The number of hydrogen-bond acceptors (Lipinski definition) is 5. The molecule has 0 unspecified atom stereocenters. The molecule has 0 aliphatic carbocycles. The molecule has 2 N–H and O–H groups in total. The molecule has 1 heterocycles. The predicted octanol–water partition coefficient (Wildman–Crippen LogP) is 4.33. The van der Waals surface area contributed by atoms with Crippen molar-refractivity contribution in [1.82, 2.24) is 5.32 Å². The first-order valence-electron chi connectivity index (χ1n) is 9.85. The van der Waals surface area contributed by atoms with E-state index in [0.29, 0.717) is 29.3 Å². The lowest BCUT2D eigenvalue weighted by Crippen LogP contribution is -2.26. The van der Waals surface area contributed by atoms with Gasteiger partial charge in [-0.3, -0.25) is 9.59 Å². The number of rotatable bonds is 8. The van der Waals surface area contributed by atoms with E-state index in [1.54, 1.807) is 19.2 Å². The summed E-state index contributed by atoms with van der Waals surface area (Å²) in [7, 11) is 1.62. The zero-order valence-corrected chi connectivity index (χ0v) is 18.2. The minimum absolute atomic E-state index is 0.166. The number of ether oxygens (including phenoxy) is 2. The lowest BCUT2D eigenvalue weighted by Gasteiger charge is -2.19. The highest BCUT2D eigenvalue weighted by Gasteiger charge is 2.22. The number of anilines is 1. The van der Waals surface area contributed by atoms with E-state index in [1.165, 1.54) is 11.8 Å². The van der Waals surface area contributed by atoms with Crippen molar-refractivity contribution in [1.29, 1.82) is 0 Å². The molecule has 158 valence electrons. The molecule has 0 radical (unpaired) electrons. The van der Waals surface area contributed by atoms with Gasteiger partial charge in [-0.1, -0.05) is 23.9 Å². The summed E-state index contributed by atoms with van der Waals surface area (Å²) in [5.41, 5.74) is 2.07. The van der Waals surface area contributed by atoms with E-state index >= 15 is 0 Å². The van der Waals surface area contributed by atoms with E-state index in [1.807, 2.05) is 50.3 Å². The molecule has 2 aromatic carbocycles. The van der Waals surface area contributed by atoms with Gasteiger partial charge in [0.05, 0.1) is 23.8 Å². The molecule has 0 spiro atoms. The van der Waals surface area contributed by atoms with E-state index < -0.39 is 0 Å². The Morgan fingerprint density at radius 2 is 1.97 bits per heavy atom. The fourth-order valence-corrected chi connectivity index (χ4v) is 3.78. The average molecular weight is 427 g/mol. The SMILES string of the molecule is COc1ccc(C=C2Sc3ccc(C(=O)NCCCOC(C)C)cc3NC2=O)cc1. The van der Waals surface area contributed by atoms with Crippen LogP contribution >= 0.6 is 11.8 Å². The Kier molecular flexibility index (Phi) is 7.54. The maximum Gasteiger partial charge on any atom is 0.262 e. The Bertz CT molecular complexity index is 939. The van der Waals surface area contributed by atoms with Gasteiger partial charge in [0.15, 0.2) is 0 Å². The molecule has 2 aromatic rings. The fourth-order valence-electron chi connectivity index (χ4n) is 2.85. The number of amides is 2. The normalized spacial score (nSPS) is 14.4. The molecule has 1 aliphatic rings. The average Bonchev–Trinajstić information content (AvgIpc) is 2.74. The zero-order valence-electron chi connectivity index (χ0n) is 17.4. The van der Waals surface area contributed by atoms with Gasteiger partial charge in [0.25, 0.3) is 11.8 Å². The first-order valence-corrected chi connectivity index (χ1v) is 10.7. The molecule has 0 saturated carbocycles. The molecule has 0 bridgehead atoms. The molecule has 1 aliphatic heterocycles. The Hall–Kier alpha value is -2.77. The second-order valence-electron chi connectivity index (χ2n) is 7.08. The Morgan fingerprint density at radius 3 is 2.67 bits per heavy atom. The van der Waals surface area contributed by atoms with Crippen LogP contribution in [0.4, 0.5) is 5.69 Å². The highest BCUT2D eigenvalue weighted by molar-refractivity contribution is 8.04. The molecule has 3 rings (SSSR count). The molecule has 6 nitrogen and oxygen atoms in total. The van der Waals surface area contributed by atoms with Crippen molar-refractivity contribution < 1.29 is 19.1 Å². The molecular formula is C23H26N2O4S. The van der Waals surface area contributed by atoms with Crippen LogP contribution in [-0.4, -0.2) is 38.2 Å². The molecule has 0 saturated heterocycles. The van der Waals surface area contributed by atoms with Crippen molar-refractivity contribution in [3.8, 4) is 5.75 Å². The number of fused-ring (bicyclic) bond motifs is 1. The quantitative estimate of drug-likeness (QED) is 0.485. The molecule has 0 fully saturated rings. The molecule has 0 atom stereocenters. The van der Waals surface area contributed by atoms with Crippen LogP contribution in [0.15, 0.2) is 52.3 Å². The monoisotopic (exact) mass is 426 g/mol. The van der Waals surface area contributed by atoms with Crippen LogP contribution < -0.4 is 15.4 Å². The standard InChI is InChI=1S/C23H26N2O4S/c1-15(2)29-12-4-11-24-22(26)17-7-10-20-19(14-17)25-23(27)21(30-20)13-16-5-8-18(28-3)9-6-16/h5-10,13-15H,4,11-12H2,1-3H3,(H,24,26)(H,25,27). The summed E-state index contributed by atoms with van der Waals surface area (Å²) in [6, 6.07) is 12.8. The molecule has 2 amide bonds. The van der Waals surface area contributed by atoms with Gasteiger partial charge in [-0.15, -0.1) is 0 Å². The third-order valence-electron chi connectivity index (χ3n) is 4.41. The fraction of sp³-hybridized carbons (Fsp3) is 0.304. The highest BCUT2D eigenvalue weighted by atomic mass is 32.2. The smallest absolute Gasteiger partial charge is 0.262 e. The number of benzene rings is 2. The summed E-state index contributed by atoms with van der Waals surface area (Å²) < 4.78 is 10.6. The topological polar surface area (TPSA) is 76.7 Å². The lowest BCUT2D eigenvalue weighted by molar-refractivity contribution is -0.112. The van der Waals surface area contributed by atoms with Crippen LogP contribution in [-0.2, 0) is 9.53 Å². The summed E-state index contributed by atoms with van der Waals surface area (Å²) in [4.78, 5) is 26.4. The van der Waals surface area contributed by atoms with E-state index in [4.69, 9.17) is 9.47 Å². The number of hydrogen-bond donors (Lipinski definition) is 2. The van der Waals surface area contributed by atoms with Gasteiger partial charge in [-0.25, -0.2) is 0 Å². The maximum absolute atomic E-state index is 12.5. The van der Waals surface area contributed by atoms with Gasteiger partial charge in [0.1, 0.15) is 5.75 Å². The van der Waals surface area contributed by atoms with Crippen molar-refractivity contribution >= 4 is 35.3 Å². The van der Waals surface area contributed by atoms with Gasteiger partial charge >= 0.3 is 0 Å². The number of carbonyl (C=O) groups is 2. The van der Waals surface area contributed by atoms with Gasteiger partial charge in [0.2, 0.25) is 0 Å². The summed E-state index contributed by atoms with van der Waals surface area (Å²) in [6.45, 7) is 5.11. The first-order chi connectivity index (χ1) is 14.5. The van der Waals surface area contributed by atoms with Crippen molar-refractivity contribution in [2.75, 3.05) is 25.6 Å². The summed E-state index contributed by atoms with van der Waals surface area (Å²) in [5.74, 6) is 0.411. The number of thioether (sulfide) groups is 1. The number of carbonyl (C=O) groups excluding carboxylic acids is 2. The van der Waals surface area contributed by atoms with Gasteiger partial charge < -0.3 is 20.1 Å². The van der Waals surface area contributed by atoms with Crippen LogP contribution in [0.2, 0.25) is 0 Å². The minimum Gasteiger partial charge on any atom is -0.497 e. The molecule has 30 heavy (non-hydrogen) atoms. The van der Waals surface area contributed by atoms with Crippen molar-refractivity contribution in [2.45, 2.75) is 31.3 Å². The van der Waals surface area contributed by atoms with Gasteiger partial charge in [0, 0.05) is 23.6 Å². The van der Waals surface area contributed by atoms with E-state index in [9.17, 15) is 9.59 Å². The maximum atomic E-state index is 12.5. The predicted molar refractivity (Wildman–Crippen MR) is 120 cm³/mol. The zero-order chi connectivity index (χ0) is 21.5. The Balaban J connectivity index is 1.63. The number of nitrogens with one attached hydrogen (secondary N) is 2. The molecule has 7 heteroatoms. The largest absolute Gasteiger partial charge is 0.497 e. The molecule has 0 aromatic heterocycles. The van der Waals surface area contributed by atoms with Gasteiger partial charge in [-0.05, 0) is 62.2 Å². The van der Waals surface area contributed by atoms with Crippen LogP contribution in [0.25, 0.3) is 6.08 Å². The van der Waals surface area contributed by atoms with E-state index in [0.717, 1.165) is 22.6 Å². The van der Waals surface area contributed by atoms with Crippen molar-refractivity contribution in [2.24, 2.45) is 0 Å². The second kappa shape index (κ2) is 10.3. The summed E-state index contributed by atoms with van der Waals surface area (Å²) in [5, 5.41) is 5.77. The van der Waals surface area contributed by atoms with E-state index in [-0.39, 0.29) is 17.9 Å². The van der Waals surface area contributed by atoms with Crippen LogP contribution in [0.1, 0.15) is 36.2 Å². The molecular weight excluding hydrogens is 400 g/mol. The lowest BCUT2D eigenvalue weighted by atomic mass is 10.1. The van der Waals surface area contributed by atoms with Crippen LogP contribution in [0.3, 0.4) is 0 Å². The first kappa shape index (κ1) is 21.9. The van der Waals surface area contributed by atoms with Crippen LogP contribution in [0, 0.1) is 0 Å². The second-order valence-corrected chi connectivity index (χ2v) is 8.16. The summed E-state index contributed by atoms with van der Waals surface area (Å²) >= 11 is 1.39. The van der Waals surface area contributed by atoms with Crippen LogP contribution in [0.5, 0.6) is 5.75 Å². The van der Waals surface area contributed by atoms with E-state index in [2.05, 4.69) is 10.6 Å². The van der Waals surface area contributed by atoms with Crippen molar-refractivity contribution in [3.05, 3.63) is 58.5 Å². The summed E-state index contributed by atoms with van der Waals surface area (Å²) in [6.07, 6.45) is 2.77.